The SMILES string of the molecule is O=C(NC1CCc2ccc(F)cc21)c1cc2cc(F)ccc2o1. The number of amides is 1. The molecule has 1 unspecified atom stereocenters. The normalized spacial score (nSPS) is 16.5. The van der Waals surface area contributed by atoms with Crippen LogP contribution in [-0.4, -0.2) is 5.91 Å². The van der Waals surface area contributed by atoms with Gasteiger partial charge in [-0.3, -0.25) is 4.79 Å². The van der Waals surface area contributed by atoms with Crippen molar-refractivity contribution in [2.75, 3.05) is 0 Å². The second-order valence-electron chi connectivity index (χ2n) is 5.70. The van der Waals surface area contributed by atoms with Crippen molar-refractivity contribution in [1.29, 1.82) is 0 Å². The number of halogens is 2. The molecule has 0 saturated carbocycles. The van der Waals surface area contributed by atoms with Crippen LogP contribution in [0.2, 0.25) is 0 Å². The second kappa shape index (κ2) is 5.19. The van der Waals surface area contributed by atoms with Gasteiger partial charge in [0, 0.05) is 5.39 Å². The highest BCUT2D eigenvalue weighted by Gasteiger charge is 2.25. The third-order valence-electron chi connectivity index (χ3n) is 4.19. The number of nitrogens with one attached hydrogen (secondary N) is 1. The van der Waals surface area contributed by atoms with Crippen LogP contribution in [0.3, 0.4) is 0 Å². The minimum Gasteiger partial charge on any atom is -0.451 e. The van der Waals surface area contributed by atoms with Gasteiger partial charge in [-0.25, -0.2) is 8.78 Å². The monoisotopic (exact) mass is 313 g/mol. The second-order valence-corrected chi connectivity index (χ2v) is 5.70. The Hall–Kier alpha value is -2.69. The van der Waals surface area contributed by atoms with E-state index < -0.39 is 0 Å². The van der Waals surface area contributed by atoms with E-state index in [-0.39, 0.29) is 29.3 Å². The van der Waals surface area contributed by atoms with E-state index >= 15 is 0 Å². The van der Waals surface area contributed by atoms with Crippen molar-refractivity contribution in [3.63, 3.8) is 0 Å². The fraction of sp³-hybridized carbons (Fsp3) is 0.167. The van der Waals surface area contributed by atoms with Crippen molar-refractivity contribution in [3.05, 3.63) is 71.0 Å². The third kappa shape index (κ3) is 2.48. The molecule has 0 aliphatic heterocycles. The number of fused-ring (bicyclic) bond motifs is 2. The van der Waals surface area contributed by atoms with E-state index in [4.69, 9.17) is 4.42 Å². The highest BCUT2D eigenvalue weighted by molar-refractivity contribution is 5.96. The number of benzene rings is 2. The average Bonchev–Trinajstić information content (AvgIpc) is 3.11. The van der Waals surface area contributed by atoms with Gasteiger partial charge in [-0.05, 0) is 60.4 Å². The van der Waals surface area contributed by atoms with Gasteiger partial charge in [-0.15, -0.1) is 0 Å². The zero-order valence-corrected chi connectivity index (χ0v) is 12.1. The number of carbonyl (C=O) groups excluding carboxylic acids is 1. The van der Waals surface area contributed by atoms with E-state index in [0.717, 1.165) is 24.0 Å². The lowest BCUT2D eigenvalue weighted by Crippen LogP contribution is -2.26. The Kier molecular flexibility index (Phi) is 3.15. The molecule has 0 radical (unpaired) electrons. The minimum atomic E-state index is -0.385. The molecule has 0 fully saturated rings. The van der Waals surface area contributed by atoms with Gasteiger partial charge < -0.3 is 9.73 Å². The molecule has 1 aliphatic carbocycles. The molecule has 0 bridgehead atoms. The van der Waals surface area contributed by atoms with E-state index in [0.29, 0.717) is 11.0 Å². The van der Waals surface area contributed by atoms with Gasteiger partial charge in [-0.1, -0.05) is 6.07 Å². The van der Waals surface area contributed by atoms with E-state index in [1.165, 1.54) is 36.4 Å². The predicted octanol–water partition coefficient (Wildman–Crippen LogP) is 4.13. The first kappa shape index (κ1) is 13.9. The Morgan fingerprint density at radius 2 is 1.87 bits per heavy atom. The topological polar surface area (TPSA) is 42.2 Å². The van der Waals surface area contributed by atoms with Crippen LogP contribution in [0.4, 0.5) is 8.78 Å². The quantitative estimate of drug-likeness (QED) is 0.773. The summed E-state index contributed by atoms with van der Waals surface area (Å²) in [4.78, 5) is 12.4. The van der Waals surface area contributed by atoms with E-state index in [1.807, 2.05) is 0 Å². The first-order valence-electron chi connectivity index (χ1n) is 7.38. The molecule has 23 heavy (non-hydrogen) atoms. The summed E-state index contributed by atoms with van der Waals surface area (Å²) in [6.07, 6.45) is 1.52. The highest BCUT2D eigenvalue weighted by Crippen LogP contribution is 2.32. The lowest BCUT2D eigenvalue weighted by atomic mass is 10.1. The first-order valence-corrected chi connectivity index (χ1v) is 7.38. The number of furan rings is 1. The average molecular weight is 313 g/mol. The molecular formula is C18H13F2NO2. The van der Waals surface area contributed by atoms with E-state index in [2.05, 4.69) is 5.32 Å². The molecule has 1 aromatic heterocycles. The maximum atomic E-state index is 13.4. The van der Waals surface area contributed by atoms with Crippen LogP contribution in [0.5, 0.6) is 0 Å². The van der Waals surface area contributed by atoms with Crippen LogP contribution in [-0.2, 0) is 6.42 Å². The van der Waals surface area contributed by atoms with Crippen LogP contribution in [0.15, 0.2) is 46.9 Å². The predicted molar refractivity (Wildman–Crippen MR) is 81.1 cm³/mol. The number of hydrogen-bond acceptors (Lipinski definition) is 2. The summed E-state index contributed by atoms with van der Waals surface area (Å²) < 4.78 is 32.1. The van der Waals surface area contributed by atoms with Gasteiger partial charge in [0.1, 0.15) is 17.2 Å². The van der Waals surface area contributed by atoms with Crippen molar-refractivity contribution < 1.29 is 18.0 Å². The standard InChI is InChI=1S/C18H13F2NO2/c19-12-4-6-16-11(7-12)8-17(23-16)18(22)21-15-5-2-10-1-3-13(20)9-14(10)15/h1,3-4,6-9,15H,2,5H2,(H,21,22). The van der Waals surface area contributed by atoms with Crippen LogP contribution in [0.1, 0.15) is 34.1 Å². The molecule has 116 valence electrons. The van der Waals surface area contributed by atoms with E-state index in [1.54, 1.807) is 6.07 Å². The summed E-state index contributed by atoms with van der Waals surface area (Å²) in [5.41, 5.74) is 2.30. The summed E-state index contributed by atoms with van der Waals surface area (Å²) in [6, 6.07) is 9.99. The molecule has 0 saturated heterocycles. The summed E-state index contributed by atoms with van der Waals surface area (Å²) in [7, 11) is 0. The molecule has 1 aliphatic rings. The van der Waals surface area contributed by atoms with Crippen molar-refractivity contribution in [2.24, 2.45) is 0 Å². The Morgan fingerprint density at radius 1 is 1.09 bits per heavy atom. The highest BCUT2D eigenvalue weighted by atomic mass is 19.1. The molecule has 1 atom stereocenters. The van der Waals surface area contributed by atoms with Crippen LogP contribution in [0, 0.1) is 11.6 Å². The summed E-state index contributed by atoms with van der Waals surface area (Å²) in [6.45, 7) is 0. The zero-order valence-electron chi connectivity index (χ0n) is 12.1. The van der Waals surface area contributed by atoms with Crippen molar-refractivity contribution >= 4 is 16.9 Å². The minimum absolute atomic E-state index is 0.121. The summed E-state index contributed by atoms with van der Waals surface area (Å²) >= 11 is 0. The molecule has 0 spiro atoms. The molecular weight excluding hydrogens is 300 g/mol. The van der Waals surface area contributed by atoms with Gasteiger partial charge >= 0.3 is 0 Å². The molecule has 5 heteroatoms. The van der Waals surface area contributed by atoms with Crippen molar-refractivity contribution in [2.45, 2.75) is 18.9 Å². The Balaban J connectivity index is 1.59. The van der Waals surface area contributed by atoms with Gasteiger partial charge in [0.15, 0.2) is 5.76 Å². The molecule has 4 rings (SSSR count). The maximum absolute atomic E-state index is 13.4. The Morgan fingerprint density at radius 3 is 2.74 bits per heavy atom. The summed E-state index contributed by atoms with van der Waals surface area (Å²) in [5.74, 6) is -0.964. The van der Waals surface area contributed by atoms with E-state index in [9.17, 15) is 13.6 Å². The van der Waals surface area contributed by atoms with Gasteiger partial charge in [0.2, 0.25) is 0 Å². The van der Waals surface area contributed by atoms with Crippen LogP contribution in [0.25, 0.3) is 11.0 Å². The number of aryl methyl sites for hydroxylation is 1. The lowest BCUT2D eigenvalue weighted by Gasteiger charge is -2.13. The first-order chi connectivity index (χ1) is 11.1. The molecule has 1 heterocycles. The number of hydrogen-bond donors (Lipinski definition) is 1. The number of carbonyl (C=O) groups is 1. The molecule has 1 N–H and O–H groups in total. The van der Waals surface area contributed by atoms with Gasteiger partial charge in [-0.2, -0.15) is 0 Å². The van der Waals surface area contributed by atoms with Crippen LogP contribution >= 0.6 is 0 Å². The van der Waals surface area contributed by atoms with Gasteiger partial charge in [0.25, 0.3) is 5.91 Å². The Bertz CT molecular complexity index is 917. The molecule has 3 nitrogen and oxygen atoms in total. The fourth-order valence-electron chi connectivity index (χ4n) is 3.08. The van der Waals surface area contributed by atoms with Crippen LogP contribution < -0.4 is 5.32 Å². The van der Waals surface area contributed by atoms with Gasteiger partial charge in [0.05, 0.1) is 6.04 Å². The Labute approximate surface area is 130 Å². The lowest BCUT2D eigenvalue weighted by molar-refractivity contribution is 0.0911. The smallest absolute Gasteiger partial charge is 0.287 e. The fourth-order valence-corrected chi connectivity index (χ4v) is 3.08. The largest absolute Gasteiger partial charge is 0.451 e. The zero-order chi connectivity index (χ0) is 16.0. The molecule has 3 aromatic rings. The number of rotatable bonds is 2. The molecule has 1 amide bonds. The van der Waals surface area contributed by atoms with Crippen molar-refractivity contribution in [1.82, 2.24) is 5.32 Å². The molecule has 2 aromatic carbocycles. The van der Waals surface area contributed by atoms with Crippen molar-refractivity contribution in [3.8, 4) is 0 Å². The maximum Gasteiger partial charge on any atom is 0.287 e. The third-order valence-corrected chi connectivity index (χ3v) is 4.19. The summed E-state index contributed by atoms with van der Waals surface area (Å²) in [5, 5.41) is 3.40.